The number of rotatable bonds is 1. The van der Waals surface area contributed by atoms with Crippen molar-refractivity contribution in [3.05, 3.63) is 29.2 Å². The van der Waals surface area contributed by atoms with Crippen LogP contribution in [0.25, 0.3) is 5.57 Å². The number of fused-ring (bicyclic) bond motifs is 2. The van der Waals surface area contributed by atoms with Gasteiger partial charge in [0.2, 0.25) is 0 Å². The predicted molar refractivity (Wildman–Crippen MR) is 70.9 cm³/mol. The van der Waals surface area contributed by atoms with Crippen LogP contribution in [0.15, 0.2) is 12.3 Å². The predicted octanol–water partition coefficient (Wildman–Crippen LogP) is 0.963. The Morgan fingerprint density at radius 1 is 1.45 bits per heavy atom. The van der Waals surface area contributed by atoms with Crippen LogP contribution in [0.4, 0.5) is 0 Å². The fourth-order valence-corrected chi connectivity index (χ4v) is 3.04. The highest BCUT2D eigenvalue weighted by Gasteiger charge is 2.39. The smallest absolute Gasteiger partial charge is 0.339 e. The van der Waals surface area contributed by atoms with E-state index in [2.05, 4.69) is 16.4 Å². The third-order valence-electron chi connectivity index (χ3n) is 4.15. The molecule has 0 atom stereocenters. The van der Waals surface area contributed by atoms with E-state index in [1.54, 1.807) is 6.07 Å². The van der Waals surface area contributed by atoms with Crippen LogP contribution < -0.4 is 5.32 Å². The summed E-state index contributed by atoms with van der Waals surface area (Å²) in [5.74, 6) is -1.01. The first-order valence-corrected chi connectivity index (χ1v) is 6.55. The van der Waals surface area contributed by atoms with Gasteiger partial charge in [0.25, 0.3) is 0 Å². The summed E-state index contributed by atoms with van der Waals surface area (Å²) in [6.07, 6.45) is 3.15. The Hall–Kier alpha value is -2.26. The van der Waals surface area contributed by atoms with Crippen molar-refractivity contribution in [3.8, 4) is 6.07 Å². The Balaban J connectivity index is 2.16. The average molecular weight is 273 g/mol. The van der Waals surface area contributed by atoms with Gasteiger partial charge in [0.1, 0.15) is 11.8 Å². The van der Waals surface area contributed by atoms with Crippen LogP contribution in [-0.2, 0) is 14.9 Å². The van der Waals surface area contributed by atoms with Crippen molar-refractivity contribution in [1.29, 1.82) is 5.26 Å². The zero-order valence-electron chi connectivity index (χ0n) is 10.9. The van der Waals surface area contributed by atoms with Crippen molar-refractivity contribution in [2.45, 2.75) is 18.3 Å². The minimum Gasteiger partial charge on any atom is -0.478 e. The molecule has 0 amide bonds. The first-order valence-electron chi connectivity index (χ1n) is 6.55. The second-order valence-electron chi connectivity index (χ2n) is 5.22. The highest BCUT2D eigenvalue weighted by atomic mass is 16.5. The number of nitrogens with one attached hydrogen (secondary N) is 2. The maximum absolute atomic E-state index is 11.4. The van der Waals surface area contributed by atoms with Gasteiger partial charge in [0.15, 0.2) is 0 Å². The minimum atomic E-state index is -1.01. The molecular formula is C14H15N3O3. The van der Waals surface area contributed by atoms with E-state index in [-0.39, 0.29) is 11.0 Å². The highest BCUT2D eigenvalue weighted by Crippen LogP contribution is 2.40. The number of hydrogen-bond donors (Lipinski definition) is 3. The molecule has 3 heterocycles. The summed E-state index contributed by atoms with van der Waals surface area (Å²) in [5.41, 5.74) is 1.85. The van der Waals surface area contributed by atoms with E-state index in [9.17, 15) is 9.90 Å². The Labute approximate surface area is 116 Å². The highest BCUT2D eigenvalue weighted by molar-refractivity contribution is 6.15. The van der Waals surface area contributed by atoms with Gasteiger partial charge in [-0.2, -0.15) is 5.26 Å². The number of aromatic nitrogens is 1. The average Bonchev–Trinajstić information content (AvgIpc) is 2.83. The molecule has 1 saturated heterocycles. The van der Waals surface area contributed by atoms with E-state index in [4.69, 9.17) is 10.00 Å². The lowest BCUT2D eigenvalue weighted by molar-refractivity contribution is -0.130. The second-order valence-corrected chi connectivity index (χ2v) is 5.22. The summed E-state index contributed by atoms with van der Waals surface area (Å²) in [4.78, 5) is 14.3. The summed E-state index contributed by atoms with van der Waals surface area (Å²) in [5, 5.41) is 21.5. The molecule has 2 aliphatic heterocycles. The quantitative estimate of drug-likeness (QED) is 0.708. The standard InChI is InChI=1S/C14H15N3O3/c15-6-9-5-11-12(17-9)10(13(18)19)7-16-8-14(11)1-3-20-4-2-14/h5,7,16-17H,1-4,8H2,(H,18,19). The summed E-state index contributed by atoms with van der Waals surface area (Å²) >= 11 is 0. The minimum absolute atomic E-state index is 0.171. The largest absolute Gasteiger partial charge is 0.478 e. The van der Waals surface area contributed by atoms with Crippen molar-refractivity contribution in [1.82, 2.24) is 10.3 Å². The van der Waals surface area contributed by atoms with Crippen molar-refractivity contribution < 1.29 is 14.6 Å². The van der Waals surface area contributed by atoms with Gasteiger partial charge in [-0.15, -0.1) is 0 Å². The third kappa shape index (κ3) is 1.87. The van der Waals surface area contributed by atoms with Crippen molar-refractivity contribution in [2.24, 2.45) is 0 Å². The molecule has 6 heteroatoms. The van der Waals surface area contributed by atoms with Crippen LogP contribution in [0, 0.1) is 11.3 Å². The van der Waals surface area contributed by atoms with Crippen LogP contribution in [0.3, 0.4) is 0 Å². The van der Waals surface area contributed by atoms with Crippen LogP contribution >= 0.6 is 0 Å². The fraction of sp³-hybridized carbons (Fsp3) is 0.429. The second kappa shape index (κ2) is 4.69. The fourth-order valence-electron chi connectivity index (χ4n) is 3.04. The number of carboxylic acid groups (broad SMARTS) is 1. The van der Waals surface area contributed by atoms with Gasteiger partial charge in [-0.25, -0.2) is 4.79 Å². The summed E-state index contributed by atoms with van der Waals surface area (Å²) in [7, 11) is 0. The number of hydrogen-bond acceptors (Lipinski definition) is 4. The number of carboxylic acids is 1. The molecule has 1 aromatic rings. The molecule has 1 spiro atoms. The Morgan fingerprint density at radius 2 is 2.20 bits per heavy atom. The zero-order chi connectivity index (χ0) is 14.2. The van der Waals surface area contributed by atoms with E-state index in [1.807, 2.05) is 0 Å². The van der Waals surface area contributed by atoms with Gasteiger partial charge in [0, 0.05) is 31.4 Å². The number of nitrogens with zero attached hydrogens (tertiary/aromatic N) is 1. The molecule has 2 aliphatic rings. The lowest BCUT2D eigenvalue weighted by Crippen LogP contribution is -2.41. The number of ether oxygens (including phenoxy) is 1. The van der Waals surface area contributed by atoms with Crippen molar-refractivity contribution in [2.75, 3.05) is 19.8 Å². The monoisotopic (exact) mass is 273 g/mol. The first kappa shape index (κ1) is 12.8. The van der Waals surface area contributed by atoms with Gasteiger partial charge in [-0.3, -0.25) is 0 Å². The molecular weight excluding hydrogens is 258 g/mol. The lowest BCUT2D eigenvalue weighted by Gasteiger charge is -2.36. The van der Waals surface area contributed by atoms with E-state index in [0.717, 1.165) is 18.4 Å². The topological polar surface area (TPSA) is 98.1 Å². The molecule has 1 fully saturated rings. The molecule has 3 rings (SSSR count). The molecule has 0 radical (unpaired) electrons. The molecule has 0 aromatic carbocycles. The number of nitriles is 1. The van der Waals surface area contributed by atoms with Crippen LogP contribution in [0.1, 0.15) is 29.8 Å². The lowest BCUT2D eigenvalue weighted by atomic mass is 9.74. The third-order valence-corrected chi connectivity index (χ3v) is 4.15. The van der Waals surface area contributed by atoms with Gasteiger partial charge in [0.05, 0.1) is 11.3 Å². The van der Waals surface area contributed by atoms with Crippen molar-refractivity contribution >= 4 is 11.5 Å². The molecule has 104 valence electrons. The zero-order valence-corrected chi connectivity index (χ0v) is 10.9. The number of aliphatic carboxylic acids is 1. The number of H-pyrrole nitrogens is 1. The number of aromatic amines is 1. The Morgan fingerprint density at radius 3 is 2.85 bits per heavy atom. The molecule has 1 aromatic heterocycles. The first-order chi connectivity index (χ1) is 9.66. The summed E-state index contributed by atoms with van der Waals surface area (Å²) in [6, 6.07) is 3.84. The molecule has 0 bridgehead atoms. The summed E-state index contributed by atoms with van der Waals surface area (Å²) in [6.45, 7) is 1.95. The van der Waals surface area contributed by atoms with E-state index in [1.165, 1.54) is 6.20 Å². The van der Waals surface area contributed by atoms with Crippen LogP contribution in [0.2, 0.25) is 0 Å². The van der Waals surface area contributed by atoms with Gasteiger partial charge < -0.3 is 20.1 Å². The van der Waals surface area contributed by atoms with Crippen molar-refractivity contribution in [3.63, 3.8) is 0 Å². The van der Waals surface area contributed by atoms with E-state index in [0.29, 0.717) is 31.1 Å². The molecule has 0 aliphatic carbocycles. The normalized spacial score (nSPS) is 20.2. The maximum Gasteiger partial charge on any atom is 0.339 e. The summed E-state index contributed by atoms with van der Waals surface area (Å²) < 4.78 is 5.42. The Bertz CT molecular complexity index is 618. The van der Waals surface area contributed by atoms with Crippen LogP contribution in [-0.4, -0.2) is 35.8 Å². The molecule has 0 saturated carbocycles. The molecule has 0 unspecified atom stereocenters. The maximum atomic E-state index is 11.4. The van der Waals surface area contributed by atoms with Gasteiger partial charge in [-0.1, -0.05) is 0 Å². The molecule has 6 nitrogen and oxygen atoms in total. The number of carbonyl (C=O) groups is 1. The molecule has 20 heavy (non-hydrogen) atoms. The van der Waals surface area contributed by atoms with E-state index >= 15 is 0 Å². The van der Waals surface area contributed by atoms with Gasteiger partial charge >= 0.3 is 5.97 Å². The SMILES string of the molecule is N#Cc1cc2c([nH]1)C(C(=O)O)=CNCC21CCOCC1. The van der Waals surface area contributed by atoms with Gasteiger partial charge in [-0.05, 0) is 24.5 Å². The molecule has 3 N–H and O–H groups in total. The van der Waals surface area contributed by atoms with E-state index < -0.39 is 5.97 Å². The van der Waals surface area contributed by atoms with Crippen LogP contribution in [0.5, 0.6) is 0 Å². The Kier molecular flexibility index (Phi) is 2.99.